The summed E-state index contributed by atoms with van der Waals surface area (Å²) in [5, 5.41) is 14.5. The second-order valence-corrected chi connectivity index (χ2v) is 4.69. The minimum absolute atomic E-state index is 0.485. The van der Waals surface area contributed by atoms with E-state index in [1.807, 2.05) is 16.8 Å². The zero-order chi connectivity index (χ0) is 13.0. The fourth-order valence-electron chi connectivity index (χ4n) is 2.19. The lowest BCUT2D eigenvalue weighted by Gasteiger charge is -2.13. The Morgan fingerprint density at radius 3 is 2.89 bits per heavy atom. The maximum Gasteiger partial charge on any atom is 0.0996 e. The summed E-state index contributed by atoms with van der Waals surface area (Å²) in [5.41, 5.74) is 3.28. The number of aliphatic hydroxyl groups is 1. The number of nitrogens with zero attached hydrogens (tertiary/aromatic N) is 2. The van der Waals surface area contributed by atoms with Crippen molar-refractivity contribution in [1.82, 2.24) is 9.78 Å². The maximum absolute atomic E-state index is 10.3. The van der Waals surface area contributed by atoms with Gasteiger partial charge in [-0.1, -0.05) is 36.8 Å². The van der Waals surface area contributed by atoms with Crippen LogP contribution in [0.4, 0.5) is 0 Å². The van der Waals surface area contributed by atoms with Crippen molar-refractivity contribution in [3.63, 3.8) is 0 Å². The molecule has 3 nitrogen and oxygen atoms in total. The first-order valence-electron chi connectivity index (χ1n) is 6.46. The zero-order valence-electron chi connectivity index (χ0n) is 11.0. The second kappa shape index (κ2) is 5.83. The number of aromatic nitrogens is 2. The molecular weight excluding hydrogens is 224 g/mol. The summed E-state index contributed by atoms with van der Waals surface area (Å²) in [6.07, 6.45) is 2.92. The molecule has 18 heavy (non-hydrogen) atoms. The molecule has 0 aliphatic heterocycles. The van der Waals surface area contributed by atoms with Gasteiger partial charge in [-0.2, -0.15) is 5.10 Å². The highest BCUT2D eigenvalue weighted by Gasteiger charge is 2.13. The van der Waals surface area contributed by atoms with Crippen LogP contribution in [0.3, 0.4) is 0 Å². The van der Waals surface area contributed by atoms with Gasteiger partial charge in [-0.25, -0.2) is 0 Å². The molecular formula is C15H20N2O. The quantitative estimate of drug-likeness (QED) is 0.878. The first kappa shape index (κ1) is 12.8. The van der Waals surface area contributed by atoms with Gasteiger partial charge in [-0.3, -0.25) is 4.68 Å². The van der Waals surface area contributed by atoms with Crippen LogP contribution < -0.4 is 0 Å². The van der Waals surface area contributed by atoms with Gasteiger partial charge in [-0.05, 0) is 25.0 Å². The Labute approximate surface area is 108 Å². The average molecular weight is 244 g/mol. The monoisotopic (exact) mass is 244 g/mol. The molecule has 0 bridgehead atoms. The highest BCUT2D eigenvalue weighted by molar-refractivity contribution is 5.23. The molecule has 1 N–H and O–H groups in total. The first-order valence-corrected chi connectivity index (χ1v) is 6.46. The van der Waals surface area contributed by atoms with E-state index in [0.717, 1.165) is 24.2 Å². The van der Waals surface area contributed by atoms with Crippen LogP contribution in [0, 0.1) is 6.92 Å². The van der Waals surface area contributed by atoms with Gasteiger partial charge in [0.1, 0.15) is 0 Å². The standard InChI is InChI=1S/C15H20N2O/c1-3-9-17-14(7-8-16-17)15(18)11-13-6-4-5-12(2)10-13/h4-8,10,15,18H,3,9,11H2,1-2H3. The largest absolute Gasteiger partial charge is 0.386 e. The predicted octanol–water partition coefficient (Wildman–Crippen LogP) is 2.88. The van der Waals surface area contributed by atoms with E-state index in [4.69, 9.17) is 0 Å². The van der Waals surface area contributed by atoms with Gasteiger partial charge in [0.2, 0.25) is 0 Å². The van der Waals surface area contributed by atoms with E-state index in [-0.39, 0.29) is 0 Å². The van der Waals surface area contributed by atoms with E-state index in [1.165, 1.54) is 5.56 Å². The SMILES string of the molecule is CCCn1nccc1C(O)Cc1cccc(C)c1. The number of aryl methyl sites for hydroxylation is 2. The lowest BCUT2D eigenvalue weighted by atomic mass is 10.0. The number of benzene rings is 1. The lowest BCUT2D eigenvalue weighted by molar-refractivity contribution is 0.166. The Morgan fingerprint density at radius 2 is 2.17 bits per heavy atom. The summed E-state index contributed by atoms with van der Waals surface area (Å²) in [7, 11) is 0. The molecule has 0 aliphatic carbocycles. The minimum Gasteiger partial charge on any atom is -0.386 e. The number of hydrogen-bond donors (Lipinski definition) is 1. The topological polar surface area (TPSA) is 38.0 Å². The molecule has 0 aliphatic rings. The van der Waals surface area contributed by atoms with Crippen LogP contribution in [0.25, 0.3) is 0 Å². The molecule has 0 amide bonds. The van der Waals surface area contributed by atoms with E-state index in [9.17, 15) is 5.11 Å². The summed E-state index contributed by atoms with van der Waals surface area (Å²) < 4.78 is 1.89. The van der Waals surface area contributed by atoms with Crippen LogP contribution in [0.15, 0.2) is 36.5 Å². The van der Waals surface area contributed by atoms with E-state index >= 15 is 0 Å². The molecule has 1 atom stereocenters. The molecule has 1 heterocycles. The Balaban J connectivity index is 2.11. The third-order valence-electron chi connectivity index (χ3n) is 3.04. The molecule has 1 aromatic carbocycles. The highest BCUT2D eigenvalue weighted by atomic mass is 16.3. The summed E-state index contributed by atoms with van der Waals surface area (Å²) in [6.45, 7) is 5.03. The van der Waals surface area contributed by atoms with Crippen LogP contribution in [0.1, 0.15) is 36.3 Å². The van der Waals surface area contributed by atoms with Crippen molar-refractivity contribution in [2.45, 2.75) is 39.3 Å². The summed E-state index contributed by atoms with van der Waals surface area (Å²) in [6, 6.07) is 10.2. The predicted molar refractivity (Wildman–Crippen MR) is 72.4 cm³/mol. The molecule has 0 saturated heterocycles. The van der Waals surface area contributed by atoms with Crippen LogP contribution in [0.2, 0.25) is 0 Å². The van der Waals surface area contributed by atoms with Crippen molar-refractivity contribution in [2.24, 2.45) is 0 Å². The van der Waals surface area contributed by atoms with Crippen molar-refractivity contribution < 1.29 is 5.11 Å². The van der Waals surface area contributed by atoms with Crippen molar-refractivity contribution in [2.75, 3.05) is 0 Å². The summed E-state index contributed by atoms with van der Waals surface area (Å²) in [5.74, 6) is 0. The Morgan fingerprint density at radius 1 is 1.33 bits per heavy atom. The van der Waals surface area contributed by atoms with Crippen molar-refractivity contribution >= 4 is 0 Å². The van der Waals surface area contributed by atoms with Crippen molar-refractivity contribution in [3.05, 3.63) is 53.3 Å². The van der Waals surface area contributed by atoms with Crippen LogP contribution in [-0.4, -0.2) is 14.9 Å². The van der Waals surface area contributed by atoms with Gasteiger partial charge in [0, 0.05) is 19.2 Å². The number of rotatable bonds is 5. The second-order valence-electron chi connectivity index (χ2n) is 4.69. The Kier molecular flexibility index (Phi) is 4.15. The molecule has 1 unspecified atom stereocenters. The third kappa shape index (κ3) is 2.99. The number of hydrogen-bond acceptors (Lipinski definition) is 2. The smallest absolute Gasteiger partial charge is 0.0996 e. The van der Waals surface area contributed by atoms with E-state index in [2.05, 4.69) is 37.1 Å². The van der Waals surface area contributed by atoms with Gasteiger partial charge in [0.15, 0.2) is 0 Å². The van der Waals surface area contributed by atoms with Crippen LogP contribution >= 0.6 is 0 Å². The van der Waals surface area contributed by atoms with Gasteiger partial charge in [-0.15, -0.1) is 0 Å². The minimum atomic E-state index is -0.485. The van der Waals surface area contributed by atoms with E-state index < -0.39 is 6.10 Å². The summed E-state index contributed by atoms with van der Waals surface area (Å²) >= 11 is 0. The lowest BCUT2D eigenvalue weighted by Crippen LogP contribution is -2.11. The van der Waals surface area contributed by atoms with Crippen molar-refractivity contribution in [1.29, 1.82) is 0 Å². The van der Waals surface area contributed by atoms with Gasteiger partial charge < -0.3 is 5.11 Å². The molecule has 2 aromatic rings. The molecule has 0 radical (unpaired) electrons. The maximum atomic E-state index is 10.3. The normalized spacial score (nSPS) is 12.6. The molecule has 2 rings (SSSR count). The van der Waals surface area contributed by atoms with Gasteiger partial charge in [0.25, 0.3) is 0 Å². The van der Waals surface area contributed by atoms with Gasteiger partial charge >= 0.3 is 0 Å². The van der Waals surface area contributed by atoms with E-state index in [0.29, 0.717) is 6.42 Å². The fourth-order valence-corrected chi connectivity index (χ4v) is 2.19. The first-order chi connectivity index (χ1) is 8.70. The molecule has 0 spiro atoms. The summed E-state index contributed by atoms with van der Waals surface area (Å²) in [4.78, 5) is 0. The Hall–Kier alpha value is -1.61. The van der Waals surface area contributed by atoms with Crippen molar-refractivity contribution in [3.8, 4) is 0 Å². The number of aliphatic hydroxyl groups excluding tert-OH is 1. The van der Waals surface area contributed by atoms with E-state index in [1.54, 1.807) is 6.20 Å². The van der Waals surface area contributed by atoms with Gasteiger partial charge in [0.05, 0.1) is 11.8 Å². The molecule has 0 fully saturated rings. The molecule has 3 heteroatoms. The molecule has 1 aromatic heterocycles. The average Bonchev–Trinajstić information content (AvgIpc) is 2.78. The Bertz CT molecular complexity index is 505. The van der Waals surface area contributed by atoms with Crippen LogP contribution in [0.5, 0.6) is 0 Å². The molecule has 96 valence electrons. The van der Waals surface area contributed by atoms with Crippen LogP contribution in [-0.2, 0) is 13.0 Å². The highest BCUT2D eigenvalue weighted by Crippen LogP contribution is 2.18. The third-order valence-corrected chi connectivity index (χ3v) is 3.04. The molecule has 0 saturated carbocycles. The zero-order valence-corrected chi connectivity index (χ0v) is 11.0. The fraction of sp³-hybridized carbons (Fsp3) is 0.400.